The summed E-state index contributed by atoms with van der Waals surface area (Å²) >= 11 is 0. The molecule has 0 bridgehead atoms. The Morgan fingerprint density at radius 3 is 2.46 bits per heavy atom. The summed E-state index contributed by atoms with van der Waals surface area (Å²) in [4.78, 5) is 11.2. The average molecular weight is 181 g/mol. The second-order valence-corrected chi connectivity index (χ2v) is 4.03. The SMILES string of the molecule is C/C=C/c1c(C(C)(C)C)[nH]oc1=O. The predicted octanol–water partition coefficient (Wildman–Crippen LogP) is 2.30. The molecule has 0 amide bonds. The van der Waals surface area contributed by atoms with E-state index in [4.69, 9.17) is 4.52 Å². The fraction of sp³-hybridized carbons (Fsp3) is 0.500. The average Bonchev–Trinajstić information content (AvgIpc) is 2.32. The molecule has 0 aliphatic carbocycles. The lowest BCUT2D eigenvalue weighted by Crippen LogP contribution is -2.14. The monoisotopic (exact) mass is 181 g/mol. The highest BCUT2D eigenvalue weighted by Crippen LogP contribution is 2.22. The Labute approximate surface area is 77.4 Å². The van der Waals surface area contributed by atoms with Crippen LogP contribution in [-0.2, 0) is 5.41 Å². The predicted molar refractivity (Wildman–Crippen MR) is 52.7 cm³/mol. The third-order valence-electron chi connectivity index (χ3n) is 1.82. The van der Waals surface area contributed by atoms with Gasteiger partial charge in [-0.05, 0) is 13.0 Å². The van der Waals surface area contributed by atoms with Gasteiger partial charge in [0.05, 0.1) is 11.3 Å². The molecule has 1 N–H and O–H groups in total. The molecule has 0 fully saturated rings. The van der Waals surface area contributed by atoms with Gasteiger partial charge < -0.3 is 4.52 Å². The third kappa shape index (κ3) is 1.91. The van der Waals surface area contributed by atoms with Gasteiger partial charge in [-0.3, -0.25) is 0 Å². The summed E-state index contributed by atoms with van der Waals surface area (Å²) in [5, 5.41) is 2.66. The first-order valence-corrected chi connectivity index (χ1v) is 4.31. The van der Waals surface area contributed by atoms with E-state index >= 15 is 0 Å². The zero-order valence-electron chi connectivity index (χ0n) is 8.47. The summed E-state index contributed by atoms with van der Waals surface area (Å²) in [5.41, 5.74) is 1.06. The molecule has 1 heterocycles. The van der Waals surface area contributed by atoms with Gasteiger partial charge in [0.1, 0.15) is 0 Å². The van der Waals surface area contributed by atoms with Gasteiger partial charge in [0.2, 0.25) is 0 Å². The first-order chi connectivity index (χ1) is 5.96. The summed E-state index contributed by atoms with van der Waals surface area (Å²) in [6.07, 6.45) is 3.60. The van der Waals surface area contributed by atoms with Crippen molar-refractivity contribution >= 4 is 6.08 Å². The number of allylic oxidation sites excluding steroid dienone is 1. The van der Waals surface area contributed by atoms with Crippen molar-refractivity contribution in [3.8, 4) is 0 Å². The van der Waals surface area contributed by atoms with E-state index < -0.39 is 0 Å². The van der Waals surface area contributed by atoms with Crippen LogP contribution < -0.4 is 5.63 Å². The Morgan fingerprint density at radius 1 is 1.38 bits per heavy atom. The Kier molecular flexibility index (Phi) is 2.45. The molecule has 0 saturated carbocycles. The van der Waals surface area contributed by atoms with Gasteiger partial charge >= 0.3 is 5.63 Å². The molecule has 72 valence electrons. The van der Waals surface area contributed by atoms with E-state index in [-0.39, 0.29) is 11.0 Å². The van der Waals surface area contributed by atoms with Crippen LogP contribution in [0.1, 0.15) is 39.0 Å². The van der Waals surface area contributed by atoms with Crippen LogP contribution >= 0.6 is 0 Å². The highest BCUT2D eigenvalue weighted by Gasteiger charge is 2.21. The van der Waals surface area contributed by atoms with Crippen LogP contribution in [0.25, 0.3) is 6.08 Å². The van der Waals surface area contributed by atoms with E-state index in [0.717, 1.165) is 5.69 Å². The number of hydrogen-bond donors (Lipinski definition) is 1. The molecule has 0 aromatic carbocycles. The smallest absolute Gasteiger partial charge is 0.338 e. The molecule has 3 nitrogen and oxygen atoms in total. The maximum Gasteiger partial charge on any atom is 0.364 e. The molecule has 1 aromatic rings. The van der Waals surface area contributed by atoms with Crippen LogP contribution in [0.3, 0.4) is 0 Å². The largest absolute Gasteiger partial charge is 0.364 e. The van der Waals surface area contributed by atoms with Crippen LogP contribution in [0.4, 0.5) is 0 Å². The second kappa shape index (κ2) is 3.24. The van der Waals surface area contributed by atoms with Crippen LogP contribution in [0.15, 0.2) is 15.4 Å². The van der Waals surface area contributed by atoms with Gasteiger partial charge in [0.25, 0.3) is 0 Å². The summed E-state index contributed by atoms with van der Waals surface area (Å²) in [5.74, 6) is 0. The van der Waals surface area contributed by atoms with Gasteiger partial charge in [-0.25, -0.2) is 9.95 Å². The molecule has 0 aliphatic rings. The summed E-state index contributed by atoms with van der Waals surface area (Å²) < 4.78 is 4.74. The molecule has 1 aromatic heterocycles. The van der Waals surface area contributed by atoms with E-state index in [9.17, 15) is 4.79 Å². The normalized spacial score (nSPS) is 12.6. The number of hydrogen-bond acceptors (Lipinski definition) is 2. The van der Waals surface area contributed by atoms with Gasteiger partial charge in [0, 0.05) is 5.41 Å². The van der Waals surface area contributed by atoms with Crippen LogP contribution in [-0.4, -0.2) is 5.16 Å². The summed E-state index contributed by atoms with van der Waals surface area (Å²) in [6.45, 7) is 7.96. The zero-order chi connectivity index (χ0) is 10.1. The van der Waals surface area contributed by atoms with Crippen molar-refractivity contribution in [1.29, 1.82) is 0 Å². The van der Waals surface area contributed by atoms with Crippen molar-refractivity contribution < 1.29 is 4.52 Å². The number of aromatic amines is 1. The molecule has 0 atom stereocenters. The quantitative estimate of drug-likeness (QED) is 0.722. The lowest BCUT2D eigenvalue weighted by Gasteiger charge is -2.15. The zero-order valence-corrected chi connectivity index (χ0v) is 8.47. The van der Waals surface area contributed by atoms with E-state index in [2.05, 4.69) is 5.16 Å². The fourth-order valence-electron chi connectivity index (χ4n) is 1.18. The Balaban J connectivity index is 3.31. The minimum Gasteiger partial charge on any atom is -0.338 e. The van der Waals surface area contributed by atoms with Crippen molar-refractivity contribution in [2.75, 3.05) is 0 Å². The summed E-state index contributed by atoms with van der Waals surface area (Å²) in [6, 6.07) is 0. The maximum absolute atomic E-state index is 11.2. The van der Waals surface area contributed by atoms with Crippen molar-refractivity contribution in [3.05, 3.63) is 27.8 Å². The van der Waals surface area contributed by atoms with E-state index in [0.29, 0.717) is 5.56 Å². The fourth-order valence-corrected chi connectivity index (χ4v) is 1.18. The van der Waals surface area contributed by atoms with E-state index in [1.807, 2.05) is 33.8 Å². The van der Waals surface area contributed by atoms with Crippen LogP contribution in [0, 0.1) is 0 Å². The maximum atomic E-state index is 11.2. The molecular weight excluding hydrogens is 166 g/mol. The minimum atomic E-state index is -0.303. The minimum absolute atomic E-state index is 0.0962. The van der Waals surface area contributed by atoms with E-state index in [1.54, 1.807) is 6.08 Å². The standard InChI is InChI=1S/C10H15NO2/c1-5-6-7-8(10(2,3)4)11-13-9(7)12/h5-6,11H,1-4H3/b6-5+. The topological polar surface area (TPSA) is 46.0 Å². The summed E-state index contributed by atoms with van der Waals surface area (Å²) in [7, 11) is 0. The third-order valence-corrected chi connectivity index (χ3v) is 1.82. The van der Waals surface area contributed by atoms with Crippen molar-refractivity contribution in [3.63, 3.8) is 0 Å². The van der Waals surface area contributed by atoms with Crippen LogP contribution in [0.5, 0.6) is 0 Å². The Bertz CT molecular complexity index is 363. The number of nitrogens with one attached hydrogen (secondary N) is 1. The van der Waals surface area contributed by atoms with Gasteiger partial charge in [0.15, 0.2) is 0 Å². The molecule has 13 heavy (non-hydrogen) atoms. The second-order valence-electron chi connectivity index (χ2n) is 4.03. The molecule has 0 unspecified atom stereocenters. The Hall–Kier alpha value is -1.25. The molecular formula is C10H15NO2. The first-order valence-electron chi connectivity index (χ1n) is 4.31. The van der Waals surface area contributed by atoms with E-state index in [1.165, 1.54) is 0 Å². The van der Waals surface area contributed by atoms with Gasteiger partial charge in [-0.15, -0.1) is 0 Å². The number of aromatic nitrogens is 1. The van der Waals surface area contributed by atoms with Gasteiger partial charge in [-0.2, -0.15) is 0 Å². The van der Waals surface area contributed by atoms with Crippen molar-refractivity contribution in [1.82, 2.24) is 5.16 Å². The number of H-pyrrole nitrogens is 1. The number of rotatable bonds is 1. The van der Waals surface area contributed by atoms with Crippen molar-refractivity contribution in [2.24, 2.45) is 0 Å². The first kappa shape index (κ1) is 9.84. The van der Waals surface area contributed by atoms with Crippen molar-refractivity contribution in [2.45, 2.75) is 33.1 Å². The molecule has 0 saturated heterocycles. The van der Waals surface area contributed by atoms with Crippen LogP contribution in [0.2, 0.25) is 0 Å². The highest BCUT2D eigenvalue weighted by molar-refractivity contribution is 5.51. The highest BCUT2D eigenvalue weighted by atomic mass is 16.5. The Morgan fingerprint density at radius 2 is 2.00 bits per heavy atom. The lowest BCUT2D eigenvalue weighted by atomic mass is 9.89. The molecule has 0 radical (unpaired) electrons. The molecule has 0 aliphatic heterocycles. The molecule has 3 heteroatoms. The molecule has 0 spiro atoms. The lowest BCUT2D eigenvalue weighted by molar-refractivity contribution is 0.370. The van der Waals surface area contributed by atoms with Gasteiger partial charge in [-0.1, -0.05) is 26.8 Å². The molecule has 1 rings (SSSR count).